The molecule has 0 aliphatic carbocycles. The van der Waals surface area contributed by atoms with E-state index in [1.807, 2.05) is 6.07 Å². The summed E-state index contributed by atoms with van der Waals surface area (Å²) in [7, 11) is 0. The van der Waals surface area contributed by atoms with E-state index in [4.69, 9.17) is 26.8 Å². The van der Waals surface area contributed by atoms with Gasteiger partial charge in [0.15, 0.2) is 5.75 Å². The van der Waals surface area contributed by atoms with Gasteiger partial charge in [-0.3, -0.25) is 4.90 Å². The van der Waals surface area contributed by atoms with Gasteiger partial charge in [0.05, 0.1) is 17.3 Å². The molecule has 106 valence electrons. The minimum Gasteiger partial charge on any atom is -0.487 e. The van der Waals surface area contributed by atoms with Crippen LogP contribution >= 0.6 is 11.6 Å². The maximum Gasteiger partial charge on any atom is 0.160 e. The van der Waals surface area contributed by atoms with Crippen LogP contribution in [-0.2, 0) is 4.74 Å². The lowest BCUT2D eigenvalue weighted by Crippen LogP contribution is -2.47. The van der Waals surface area contributed by atoms with Gasteiger partial charge in [0.2, 0.25) is 0 Å². The van der Waals surface area contributed by atoms with E-state index in [9.17, 15) is 0 Å². The normalized spacial score (nSPS) is 20.7. The van der Waals surface area contributed by atoms with Crippen LogP contribution in [0.25, 0.3) is 0 Å². The molecule has 1 atom stereocenters. The highest BCUT2D eigenvalue weighted by Gasteiger charge is 2.23. The van der Waals surface area contributed by atoms with E-state index in [0.29, 0.717) is 29.1 Å². The Kier molecular flexibility index (Phi) is 4.91. The quantitative estimate of drug-likeness (QED) is 0.863. The summed E-state index contributed by atoms with van der Waals surface area (Å²) in [6, 6.07) is 5.89. The molecule has 19 heavy (non-hydrogen) atoms. The number of hydrogen-bond acceptors (Lipinski definition) is 4. The zero-order valence-electron chi connectivity index (χ0n) is 11.4. The fourth-order valence-electron chi connectivity index (χ4n) is 2.17. The molecule has 0 saturated carbocycles. The van der Waals surface area contributed by atoms with Crippen LogP contribution in [0.4, 0.5) is 5.69 Å². The fourth-order valence-corrected chi connectivity index (χ4v) is 2.40. The van der Waals surface area contributed by atoms with Gasteiger partial charge in [-0.05, 0) is 26.0 Å². The molecule has 5 heteroatoms. The first-order valence-electron chi connectivity index (χ1n) is 6.60. The van der Waals surface area contributed by atoms with Crippen LogP contribution < -0.4 is 10.5 Å². The number of para-hydroxylation sites is 1. The molecule has 2 N–H and O–H groups in total. The number of anilines is 1. The molecule has 1 aromatic carbocycles. The van der Waals surface area contributed by atoms with Crippen molar-refractivity contribution in [2.24, 2.45) is 0 Å². The Morgan fingerprint density at radius 1 is 1.53 bits per heavy atom. The third kappa shape index (κ3) is 3.75. The number of nitrogens with zero attached hydrogens (tertiary/aromatic N) is 1. The second-order valence-electron chi connectivity index (χ2n) is 5.05. The fraction of sp³-hybridized carbons (Fsp3) is 0.571. The number of rotatable bonds is 4. The zero-order chi connectivity index (χ0) is 13.8. The van der Waals surface area contributed by atoms with Gasteiger partial charge >= 0.3 is 0 Å². The number of benzene rings is 1. The lowest BCUT2D eigenvalue weighted by molar-refractivity contribution is -0.0563. The van der Waals surface area contributed by atoms with Crippen molar-refractivity contribution in [1.82, 2.24) is 4.90 Å². The molecule has 2 rings (SSSR count). The SMILES string of the molecule is CC(C)N1CCOC(COc2c(N)cccc2Cl)C1. The maximum atomic E-state index is 6.07. The molecule has 0 radical (unpaired) electrons. The van der Waals surface area contributed by atoms with Gasteiger partial charge in [0, 0.05) is 19.1 Å². The molecular weight excluding hydrogens is 264 g/mol. The largest absolute Gasteiger partial charge is 0.487 e. The summed E-state index contributed by atoms with van der Waals surface area (Å²) in [5.41, 5.74) is 6.41. The van der Waals surface area contributed by atoms with Crippen LogP contribution in [-0.4, -0.2) is 43.3 Å². The van der Waals surface area contributed by atoms with Gasteiger partial charge < -0.3 is 15.2 Å². The molecule has 1 saturated heterocycles. The second kappa shape index (κ2) is 6.46. The molecule has 1 aromatic rings. The third-order valence-electron chi connectivity index (χ3n) is 3.31. The van der Waals surface area contributed by atoms with E-state index >= 15 is 0 Å². The monoisotopic (exact) mass is 284 g/mol. The summed E-state index contributed by atoms with van der Waals surface area (Å²) in [5, 5.41) is 0.538. The molecule has 1 unspecified atom stereocenters. The maximum absolute atomic E-state index is 6.07. The molecule has 0 amide bonds. The molecule has 1 aliphatic heterocycles. The smallest absolute Gasteiger partial charge is 0.160 e. The Morgan fingerprint density at radius 2 is 2.32 bits per heavy atom. The van der Waals surface area contributed by atoms with Crippen molar-refractivity contribution in [2.75, 3.05) is 32.0 Å². The number of morpholine rings is 1. The van der Waals surface area contributed by atoms with Crippen molar-refractivity contribution in [3.05, 3.63) is 23.2 Å². The highest BCUT2D eigenvalue weighted by atomic mass is 35.5. The van der Waals surface area contributed by atoms with Crippen molar-refractivity contribution < 1.29 is 9.47 Å². The Bertz CT molecular complexity index is 406. The van der Waals surface area contributed by atoms with E-state index in [-0.39, 0.29) is 6.10 Å². The van der Waals surface area contributed by atoms with Gasteiger partial charge in [0.1, 0.15) is 12.7 Å². The molecule has 1 heterocycles. The molecule has 1 fully saturated rings. The van der Waals surface area contributed by atoms with E-state index in [1.165, 1.54) is 0 Å². The first-order chi connectivity index (χ1) is 9.08. The average Bonchev–Trinajstić information content (AvgIpc) is 2.38. The highest BCUT2D eigenvalue weighted by Crippen LogP contribution is 2.30. The number of halogens is 1. The number of nitrogens with two attached hydrogens (primary N) is 1. The van der Waals surface area contributed by atoms with Crippen LogP contribution in [0.5, 0.6) is 5.75 Å². The van der Waals surface area contributed by atoms with E-state index < -0.39 is 0 Å². The number of nitrogen functional groups attached to an aromatic ring is 1. The average molecular weight is 285 g/mol. The van der Waals surface area contributed by atoms with Crippen LogP contribution in [0.2, 0.25) is 5.02 Å². The molecular formula is C14H21ClN2O2. The predicted molar refractivity (Wildman–Crippen MR) is 77.8 cm³/mol. The molecule has 4 nitrogen and oxygen atoms in total. The Labute approximate surface area is 119 Å². The summed E-state index contributed by atoms with van der Waals surface area (Å²) < 4.78 is 11.4. The summed E-state index contributed by atoms with van der Waals surface area (Å²) >= 11 is 6.07. The predicted octanol–water partition coefficient (Wildman–Crippen LogP) is 2.41. The summed E-state index contributed by atoms with van der Waals surface area (Å²) in [6.45, 7) is 7.44. The Morgan fingerprint density at radius 3 is 3.00 bits per heavy atom. The van der Waals surface area contributed by atoms with Crippen LogP contribution in [0, 0.1) is 0 Å². The standard InChI is InChI=1S/C14H21ClN2O2/c1-10(2)17-6-7-18-11(8-17)9-19-14-12(15)4-3-5-13(14)16/h3-5,10-11H,6-9,16H2,1-2H3. The van der Waals surface area contributed by atoms with Crippen molar-refractivity contribution in [2.45, 2.75) is 26.0 Å². The minimum atomic E-state index is 0.0619. The van der Waals surface area contributed by atoms with Crippen LogP contribution in [0.15, 0.2) is 18.2 Å². The van der Waals surface area contributed by atoms with Crippen molar-refractivity contribution in [1.29, 1.82) is 0 Å². The topological polar surface area (TPSA) is 47.7 Å². The Hall–Kier alpha value is -0.970. The molecule has 0 aromatic heterocycles. The van der Waals surface area contributed by atoms with E-state index in [1.54, 1.807) is 12.1 Å². The molecule has 0 spiro atoms. The first-order valence-corrected chi connectivity index (χ1v) is 6.98. The highest BCUT2D eigenvalue weighted by molar-refractivity contribution is 6.32. The summed E-state index contributed by atoms with van der Waals surface area (Å²) in [6.07, 6.45) is 0.0619. The Balaban J connectivity index is 1.92. The van der Waals surface area contributed by atoms with Gasteiger partial charge in [-0.15, -0.1) is 0 Å². The van der Waals surface area contributed by atoms with Gasteiger partial charge in [-0.25, -0.2) is 0 Å². The third-order valence-corrected chi connectivity index (χ3v) is 3.61. The van der Waals surface area contributed by atoms with Gasteiger partial charge in [0.25, 0.3) is 0 Å². The summed E-state index contributed by atoms with van der Waals surface area (Å²) in [4.78, 5) is 2.38. The van der Waals surface area contributed by atoms with Crippen molar-refractivity contribution in [3.63, 3.8) is 0 Å². The van der Waals surface area contributed by atoms with Gasteiger partial charge in [-0.2, -0.15) is 0 Å². The van der Waals surface area contributed by atoms with E-state index in [0.717, 1.165) is 19.7 Å². The first kappa shape index (κ1) is 14.4. The number of hydrogen-bond donors (Lipinski definition) is 1. The zero-order valence-corrected chi connectivity index (χ0v) is 12.2. The van der Waals surface area contributed by atoms with E-state index in [2.05, 4.69) is 18.7 Å². The van der Waals surface area contributed by atoms with Crippen molar-refractivity contribution >= 4 is 17.3 Å². The van der Waals surface area contributed by atoms with Crippen molar-refractivity contribution in [3.8, 4) is 5.75 Å². The molecule has 1 aliphatic rings. The second-order valence-corrected chi connectivity index (χ2v) is 5.46. The van der Waals surface area contributed by atoms with Gasteiger partial charge in [-0.1, -0.05) is 17.7 Å². The molecule has 0 bridgehead atoms. The lowest BCUT2D eigenvalue weighted by atomic mass is 10.2. The van der Waals surface area contributed by atoms with Crippen LogP contribution in [0.3, 0.4) is 0 Å². The number of ether oxygens (including phenoxy) is 2. The lowest BCUT2D eigenvalue weighted by Gasteiger charge is -2.35. The minimum absolute atomic E-state index is 0.0619. The van der Waals surface area contributed by atoms with Crippen LogP contribution in [0.1, 0.15) is 13.8 Å². The summed E-state index contributed by atoms with van der Waals surface area (Å²) in [5.74, 6) is 0.550.